The van der Waals surface area contributed by atoms with Gasteiger partial charge in [0.1, 0.15) is 11.6 Å². The second-order valence-electron chi connectivity index (χ2n) is 5.83. The van der Waals surface area contributed by atoms with E-state index in [9.17, 15) is 9.18 Å². The first-order valence-electron chi connectivity index (χ1n) is 8.28. The molecule has 0 saturated heterocycles. The molecule has 0 saturated carbocycles. The lowest BCUT2D eigenvalue weighted by Gasteiger charge is -2.04. The number of carbonyl (C=O) groups excluding carboxylic acids is 1. The Bertz CT molecular complexity index is 878. The SMILES string of the molecule is [NH3+]C(=O)c1ccc(Oc2ccc(CNCCc3cccc(F)c3)s2)cc1. The van der Waals surface area contributed by atoms with E-state index < -0.39 is 0 Å². The van der Waals surface area contributed by atoms with Crippen LogP contribution in [0.1, 0.15) is 20.8 Å². The van der Waals surface area contributed by atoms with Gasteiger partial charge in [-0.1, -0.05) is 12.1 Å². The highest BCUT2D eigenvalue weighted by Crippen LogP contribution is 2.29. The first kappa shape index (κ1) is 18.3. The Morgan fingerprint density at radius 3 is 2.65 bits per heavy atom. The summed E-state index contributed by atoms with van der Waals surface area (Å²) in [6, 6.07) is 17.5. The molecule has 1 aromatic heterocycles. The second kappa shape index (κ2) is 8.71. The molecule has 0 fully saturated rings. The third kappa shape index (κ3) is 5.23. The largest absolute Gasteiger partial charge is 0.447 e. The van der Waals surface area contributed by atoms with Crippen LogP contribution in [-0.2, 0) is 13.0 Å². The van der Waals surface area contributed by atoms with E-state index in [1.807, 2.05) is 18.2 Å². The Kier molecular flexibility index (Phi) is 6.12. The van der Waals surface area contributed by atoms with Crippen LogP contribution >= 0.6 is 11.3 Å². The summed E-state index contributed by atoms with van der Waals surface area (Å²) in [6.07, 6.45) is 0.782. The van der Waals surface area contributed by atoms with Crippen LogP contribution in [0.25, 0.3) is 0 Å². The van der Waals surface area contributed by atoms with Gasteiger partial charge >= 0.3 is 5.91 Å². The van der Waals surface area contributed by atoms with Crippen LogP contribution in [0.3, 0.4) is 0 Å². The van der Waals surface area contributed by atoms with E-state index in [1.54, 1.807) is 47.7 Å². The zero-order valence-electron chi connectivity index (χ0n) is 14.2. The maximum Gasteiger partial charge on any atom is 0.340 e. The van der Waals surface area contributed by atoms with Gasteiger partial charge in [0.05, 0.1) is 5.56 Å². The van der Waals surface area contributed by atoms with Crippen molar-refractivity contribution in [1.29, 1.82) is 0 Å². The number of amides is 1. The van der Waals surface area contributed by atoms with Crippen molar-refractivity contribution in [2.75, 3.05) is 6.54 Å². The third-order valence-electron chi connectivity index (χ3n) is 3.81. The second-order valence-corrected chi connectivity index (χ2v) is 6.96. The lowest BCUT2D eigenvalue weighted by molar-refractivity contribution is -0.255. The van der Waals surface area contributed by atoms with Gasteiger partial charge < -0.3 is 10.1 Å². The Labute approximate surface area is 155 Å². The molecule has 0 aliphatic rings. The summed E-state index contributed by atoms with van der Waals surface area (Å²) in [5, 5.41) is 4.15. The highest BCUT2D eigenvalue weighted by atomic mass is 32.1. The molecule has 0 bridgehead atoms. The molecule has 3 aromatic rings. The fourth-order valence-corrected chi connectivity index (χ4v) is 3.31. The average Bonchev–Trinajstić information content (AvgIpc) is 3.06. The lowest BCUT2D eigenvalue weighted by atomic mass is 10.1. The highest BCUT2D eigenvalue weighted by Gasteiger charge is 2.06. The number of hydrogen-bond donors (Lipinski definition) is 2. The minimum atomic E-state index is -0.209. The van der Waals surface area contributed by atoms with Gasteiger partial charge in [-0.25, -0.2) is 9.18 Å². The molecular weight excluding hydrogens is 351 g/mol. The number of nitrogens with one attached hydrogen (secondary N) is 1. The Balaban J connectivity index is 1.46. The summed E-state index contributed by atoms with van der Waals surface area (Å²) in [5.41, 5.74) is 4.93. The molecule has 0 spiro atoms. The predicted octanol–water partition coefficient (Wildman–Crippen LogP) is 3.39. The Hall–Kier alpha value is -2.54. The van der Waals surface area contributed by atoms with E-state index in [1.165, 1.54) is 6.07 Å². The van der Waals surface area contributed by atoms with E-state index in [-0.39, 0.29) is 11.7 Å². The fourth-order valence-electron chi connectivity index (χ4n) is 2.47. The van der Waals surface area contributed by atoms with Gasteiger partial charge in [0.2, 0.25) is 0 Å². The standard InChI is InChI=1S/C20H19FN2O2S/c21-16-3-1-2-14(12-16)10-11-23-13-18-8-9-19(26-18)25-17-6-4-15(5-7-17)20(22)24/h1-9,12,23H,10-11,13H2,(H2,22,24)/p+1. The average molecular weight is 371 g/mol. The van der Waals surface area contributed by atoms with Crippen LogP contribution in [0.2, 0.25) is 0 Å². The quantitative estimate of drug-likeness (QED) is 0.597. The number of benzene rings is 2. The molecule has 1 amide bonds. The van der Waals surface area contributed by atoms with E-state index >= 15 is 0 Å². The van der Waals surface area contributed by atoms with Crippen LogP contribution in [0.4, 0.5) is 4.39 Å². The summed E-state index contributed by atoms with van der Waals surface area (Å²) < 4.78 is 18.9. The van der Waals surface area contributed by atoms with Gasteiger partial charge in [-0.05, 0) is 67.1 Å². The fraction of sp³-hybridized carbons (Fsp3) is 0.150. The molecule has 0 aliphatic heterocycles. The number of quaternary nitrogens is 1. The zero-order chi connectivity index (χ0) is 18.4. The Morgan fingerprint density at radius 2 is 1.92 bits per heavy atom. The molecule has 3 rings (SSSR count). The summed E-state index contributed by atoms with van der Waals surface area (Å²) >= 11 is 1.56. The first-order chi connectivity index (χ1) is 12.6. The molecule has 26 heavy (non-hydrogen) atoms. The minimum Gasteiger partial charge on any atom is -0.447 e. The number of rotatable bonds is 8. The zero-order valence-corrected chi connectivity index (χ0v) is 15.0. The van der Waals surface area contributed by atoms with Gasteiger partial charge in [-0.15, -0.1) is 11.3 Å². The van der Waals surface area contributed by atoms with Crippen molar-refractivity contribution in [3.63, 3.8) is 0 Å². The Morgan fingerprint density at radius 1 is 1.12 bits per heavy atom. The normalized spacial score (nSPS) is 10.7. The number of halogens is 1. The van der Waals surface area contributed by atoms with E-state index in [4.69, 9.17) is 4.74 Å². The lowest BCUT2D eigenvalue weighted by Crippen LogP contribution is -2.56. The number of hydrogen-bond acceptors (Lipinski definition) is 4. The summed E-state index contributed by atoms with van der Waals surface area (Å²) in [4.78, 5) is 12.3. The molecule has 1 heterocycles. The summed E-state index contributed by atoms with van der Waals surface area (Å²) in [5.74, 6) is 0.275. The first-order valence-corrected chi connectivity index (χ1v) is 9.10. The molecule has 2 aromatic carbocycles. The third-order valence-corrected chi connectivity index (χ3v) is 4.77. The topological polar surface area (TPSA) is 66.0 Å². The van der Waals surface area contributed by atoms with Crippen molar-refractivity contribution < 1.29 is 19.7 Å². The minimum absolute atomic E-state index is 0.199. The van der Waals surface area contributed by atoms with Crippen LogP contribution in [0.15, 0.2) is 60.7 Å². The van der Waals surface area contributed by atoms with E-state index in [0.717, 1.165) is 35.0 Å². The van der Waals surface area contributed by atoms with Crippen molar-refractivity contribution in [1.82, 2.24) is 5.32 Å². The molecule has 0 radical (unpaired) electrons. The maximum absolute atomic E-state index is 13.1. The molecule has 134 valence electrons. The predicted molar refractivity (Wildman–Crippen MR) is 99.9 cm³/mol. The van der Waals surface area contributed by atoms with Gasteiger partial charge in [-0.2, -0.15) is 0 Å². The summed E-state index contributed by atoms with van der Waals surface area (Å²) in [6.45, 7) is 1.51. The maximum atomic E-state index is 13.1. The molecular formula is C20H20FN2O2S+. The van der Waals surface area contributed by atoms with E-state index in [2.05, 4.69) is 11.1 Å². The van der Waals surface area contributed by atoms with E-state index in [0.29, 0.717) is 11.3 Å². The van der Waals surface area contributed by atoms with Crippen molar-refractivity contribution in [2.45, 2.75) is 13.0 Å². The van der Waals surface area contributed by atoms with Crippen LogP contribution in [0, 0.1) is 5.82 Å². The molecule has 4 N–H and O–H groups in total. The van der Waals surface area contributed by atoms with Gasteiger partial charge in [0.25, 0.3) is 0 Å². The smallest absolute Gasteiger partial charge is 0.340 e. The number of carbonyl (C=O) groups is 1. The van der Waals surface area contributed by atoms with Crippen molar-refractivity contribution in [2.24, 2.45) is 0 Å². The van der Waals surface area contributed by atoms with Crippen molar-refractivity contribution in [3.05, 3.63) is 82.5 Å². The van der Waals surface area contributed by atoms with Crippen LogP contribution < -0.4 is 15.8 Å². The van der Waals surface area contributed by atoms with Gasteiger partial charge in [0.15, 0.2) is 5.06 Å². The molecule has 6 heteroatoms. The summed E-state index contributed by atoms with van der Waals surface area (Å²) in [7, 11) is 0. The molecule has 0 atom stereocenters. The van der Waals surface area contributed by atoms with Crippen LogP contribution in [-0.4, -0.2) is 12.5 Å². The number of thiophene rings is 1. The van der Waals surface area contributed by atoms with Crippen molar-refractivity contribution >= 4 is 17.2 Å². The monoisotopic (exact) mass is 371 g/mol. The number of ether oxygens (including phenoxy) is 1. The molecule has 0 unspecified atom stereocenters. The van der Waals surface area contributed by atoms with Gasteiger partial charge in [0, 0.05) is 11.4 Å². The van der Waals surface area contributed by atoms with Gasteiger partial charge in [-0.3, -0.25) is 5.73 Å². The molecule has 4 nitrogen and oxygen atoms in total. The van der Waals surface area contributed by atoms with Crippen molar-refractivity contribution in [3.8, 4) is 10.8 Å². The highest BCUT2D eigenvalue weighted by molar-refractivity contribution is 7.13. The molecule has 0 aliphatic carbocycles. The van der Waals surface area contributed by atoms with Crippen LogP contribution in [0.5, 0.6) is 10.8 Å².